The highest BCUT2D eigenvalue weighted by atomic mass is 35.5. The highest BCUT2D eigenvalue weighted by molar-refractivity contribution is 5.87. The number of nitrogens with two attached hydrogens (primary N) is 1. The van der Waals surface area contributed by atoms with Gasteiger partial charge in [-0.2, -0.15) is 0 Å². The molecule has 1 atom stereocenters. The second-order valence-corrected chi connectivity index (χ2v) is 7.14. The Hall–Kier alpha value is -0.810. The molecule has 3 N–H and O–H groups in total. The number of nitrogens with zero attached hydrogens (tertiary/aromatic N) is 1. The number of nitrogens with one attached hydrogen (secondary N) is 1. The van der Waals surface area contributed by atoms with Crippen LogP contribution in [-0.4, -0.2) is 41.9 Å². The minimum Gasteiger partial charge on any atom is -0.356 e. The van der Waals surface area contributed by atoms with Crippen LogP contribution in [0.4, 0.5) is 0 Å². The van der Waals surface area contributed by atoms with E-state index in [1.807, 2.05) is 4.90 Å². The summed E-state index contributed by atoms with van der Waals surface area (Å²) in [6, 6.07) is 0. The molecular weight excluding hydrogens is 302 g/mol. The van der Waals surface area contributed by atoms with Gasteiger partial charge >= 0.3 is 0 Å². The second kappa shape index (κ2) is 7.18. The first-order valence-electron chi connectivity index (χ1n) is 8.44. The minimum absolute atomic E-state index is 0. The van der Waals surface area contributed by atoms with Gasteiger partial charge in [0.25, 0.3) is 0 Å². The van der Waals surface area contributed by atoms with E-state index < -0.39 is 5.54 Å². The van der Waals surface area contributed by atoms with Crippen LogP contribution in [0.25, 0.3) is 0 Å². The monoisotopic (exact) mass is 329 g/mol. The Morgan fingerprint density at radius 2 is 1.82 bits per heavy atom. The summed E-state index contributed by atoms with van der Waals surface area (Å²) in [6.45, 7) is 2.11. The van der Waals surface area contributed by atoms with Crippen molar-refractivity contribution in [2.45, 2.75) is 56.9 Å². The van der Waals surface area contributed by atoms with Crippen molar-refractivity contribution in [3.63, 3.8) is 0 Å². The van der Waals surface area contributed by atoms with E-state index in [1.54, 1.807) is 0 Å². The van der Waals surface area contributed by atoms with Crippen molar-refractivity contribution in [1.82, 2.24) is 10.2 Å². The van der Waals surface area contributed by atoms with Gasteiger partial charge in [0.05, 0.1) is 11.5 Å². The Bertz CT molecular complexity index is 420. The van der Waals surface area contributed by atoms with E-state index in [0.717, 1.165) is 51.6 Å². The molecule has 5 nitrogen and oxygen atoms in total. The number of carbonyl (C=O) groups is 2. The van der Waals surface area contributed by atoms with E-state index in [9.17, 15) is 9.59 Å². The first-order chi connectivity index (χ1) is 10.1. The molecule has 0 aromatic heterocycles. The molecule has 2 amide bonds. The Kier molecular flexibility index (Phi) is 5.72. The highest BCUT2D eigenvalue weighted by Gasteiger charge is 2.41. The van der Waals surface area contributed by atoms with Crippen molar-refractivity contribution in [3.8, 4) is 0 Å². The van der Waals surface area contributed by atoms with E-state index in [2.05, 4.69) is 5.32 Å². The molecule has 6 heteroatoms. The molecule has 0 radical (unpaired) electrons. The number of hydrogen-bond donors (Lipinski definition) is 2. The lowest BCUT2D eigenvalue weighted by Gasteiger charge is -2.37. The van der Waals surface area contributed by atoms with E-state index in [-0.39, 0.29) is 30.1 Å². The maximum absolute atomic E-state index is 12.6. The summed E-state index contributed by atoms with van der Waals surface area (Å²) in [5, 5.41) is 3.04. The van der Waals surface area contributed by atoms with Gasteiger partial charge < -0.3 is 16.0 Å². The average molecular weight is 330 g/mol. The molecule has 1 aliphatic heterocycles. The van der Waals surface area contributed by atoms with E-state index in [0.29, 0.717) is 12.5 Å². The highest BCUT2D eigenvalue weighted by Crippen LogP contribution is 2.31. The van der Waals surface area contributed by atoms with Gasteiger partial charge in [-0.25, -0.2) is 0 Å². The zero-order valence-electron chi connectivity index (χ0n) is 13.2. The fourth-order valence-electron chi connectivity index (χ4n) is 3.62. The van der Waals surface area contributed by atoms with Crippen molar-refractivity contribution in [2.24, 2.45) is 17.6 Å². The summed E-state index contributed by atoms with van der Waals surface area (Å²) < 4.78 is 0. The minimum atomic E-state index is -0.660. The zero-order chi connectivity index (χ0) is 14.9. The van der Waals surface area contributed by atoms with Crippen molar-refractivity contribution in [2.75, 3.05) is 19.6 Å². The third-order valence-corrected chi connectivity index (χ3v) is 5.26. The van der Waals surface area contributed by atoms with Gasteiger partial charge in [-0.3, -0.25) is 9.59 Å². The lowest BCUT2D eigenvalue weighted by Crippen LogP contribution is -2.56. The van der Waals surface area contributed by atoms with Crippen LogP contribution >= 0.6 is 12.4 Å². The summed E-state index contributed by atoms with van der Waals surface area (Å²) in [6.07, 6.45) is 7.95. The van der Waals surface area contributed by atoms with E-state index >= 15 is 0 Å². The number of rotatable bonds is 4. The lowest BCUT2D eigenvalue weighted by molar-refractivity contribution is -0.140. The average Bonchev–Trinajstić information content (AvgIpc) is 3.24. The van der Waals surface area contributed by atoms with Gasteiger partial charge in [-0.1, -0.05) is 12.8 Å². The normalized spacial score (nSPS) is 27.1. The van der Waals surface area contributed by atoms with Crippen LogP contribution < -0.4 is 11.1 Å². The Morgan fingerprint density at radius 3 is 2.45 bits per heavy atom. The van der Waals surface area contributed by atoms with Gasteiger partial charge in [0, 0.05) is 19.6 Å². The van der Waals surface area contributed by atoms with Crippen LogP contribution in [0.15, 0.2) is 0 Å². The molecule has 126 valence electrons. The fraction of sp³-hybridized carbons (Fsp3) is 0.875. The molecule has 22 heavy (non-hydrogen) atoms. The molecule has 1 unspecified atom stereocenters. The summed E-state index contributed by atoms with van der Waals surface area (Å²) in [5.74, 6) is 0.837. The van der Waals surface area contributed by atoms with Crippen molar-refractivity contribution in [3.05, 3.63) is 0 Å². The molecular formula is C16H28ClN3O2. The van der Waals surface area contributed by atoms with Gasteiger partial charge in [-0.15, -0.1) is 12.4 Å². The predicted octanol–water partition coefficient (Wildman–Crippen LogP) is 1.44. The standard InChI is InChI=1S/C16H27N3O2.ClH/c17-16(7-1-2-8-16)15(21)19-9-3-4-13(11-19)14(20)18-10-12-5-6-12;/h12-13H,1-11,17H2,(H,18,20);1H. The largest absolute Gasteiger partial charge is 0.356 e. The van der Waals surface area contributed by atoms with Crippen LogP contribution in [0.2, 0.25) is 0 Å². The molecule has 0 aromatic carbocycles. The molecule has 3 aliphatic rings. The number of carbonyl (C=O) groups excluding carboxylic acids is 2. The van der Waals surface area contributed by atoms with Crippen LogP contribution in [0.1, 0.15) is 51.4 Å². The SMILES string of the molecule is Cl.NC1(C(=O)N2CCCC(C(=O)NCC3CC3)C2)CCCC1. The molecule has 1 heterocycles. The number of halogens is 1. The molecule has 2 saturated carbocycles. The summed E-state index contributed by atoms with van der Waals surface area (Å²) in [4.78, 5) is 26.7. The van der Waals surface area contributed by atoms with Crippen molar-refractivity contribution < 1.29 is 9.59 Å². The maximum atomic E-state index is 12.6. The lowest BCUT2D eigenvalue weighted by atomic mass is 9.92. The first-order valence-corrected chi connectivity index (χ1v) is 8.44. The van der Waals surface area contributed by atoms with E-state index in [1.165, 1.54) is 12.8 Å². The molecule has 2 aliphatic carbocycles. The third kappa shape index (κ3) is 3.93. The van der Waals surface area contributed by atoms with Crippen molar-refractivity contribution >= 4 is 24.2 Å². The number of likely N-dealkylation sites (tertiary alicyclic amines) is 1. The van der Waals surface area contributed by atoms with Crippen LogP contribution in [0.5, 0.6) is 0 Å². The Morgan fingerprint density at radius 1 is 1.14 bits per heavy atom. The fourth-order valence-corrected chi connectivity index (χ4v) is 3.62. The molecule has 0 bridgehead atoms. The second-order valence-electron chi connectivity index (χ2n) is 7.14. The number of amides is 2. The third-order valence-electron chi connectivity index (χ3n) is 5.26. The maximum Gasteiger partial charge on any atom is 0.242 e. The van der Waals surface area contributed by atoms with Crippen LogP contribution in [0.3, 0.4) is 0 Å². The molecule has 0 aromatic rings. The summed E-state index contributed by atoms with van der Waals surface area (Å²) in [7, 11) is 0. The van der Waals surface area contributed by atoms with Gasteiger partial charge in [0.2, 0.25) is 11.8 Å². The van der Waals surface area contributed by atoms with Crippen LogP contribution in [-0.2, 0) is 9.59 Å². The smallest absolute Gasteiger partial charge is 0.242 e. The van der Waals surface area contributed by atoms with Gasteiger partial charge in [-0.05, 0) is 44.4 Å². The topological polar surface area (TPSA) is 75.4 Å². The summed E-state index contributed by atoms with van der Waals surface area (Å²) >= 11 is 0. The molecule has 0 spiro atoms. The van der Waals surface area contributed by atoms with Gasteiger partial charge in [0.15, 0.2) is 0 Å². The molecule has 1 saturated heterocycles. The predicted molar refractivity (Wildman–Crippen MR) is 87.7 cm³/mol. The van der Waals surface area contributed by atoms with Crippen LogP contribution in [0, 0.1) is 11.8 Å². The quantitative estimate of drug-likeness (QED) is 0.819. The number of piperidine rings is 1. The molecule has 3 fully saturated rings. The van der Waals surface area contributed by atoms with Crippen molar-refractivity contribution in [1.29, 1.82) is 0 Å². The Labute approximate surface area is 138 Å². The number of hydrogen-bond acceptors (Lipinski definition) is 3. The van der Waals surface area contributed by atoms with E-state index in [4.69, 9.17) is 5.73 Å². The Balaban J connectivity index is 0.00000176. The first kappa shape index (κ1) is 17.5. The zero-order valence-corrected chi connectivity index (χ0v) is 14.0. The van der Waals surface area contributed by atoms with Gasteiger partial charge in [0.1, 0.15) is 0 Å². The molecule has 3 rings (SSSR count). The summed E-state index contributed by atoms with van der Waals surface area (Å²) in [5.41, 5.74) is 5.61.